The molecule has 1 rings (SSSR count). The number of hydrogen-bond acceptors (Lipinski definition) is 3. The molecule has 1 fully saturated rings. The van der Waals surface area contributed by atoms with Crippen molar-refractivity contribution in [2.45, 2.75) is 84.1 Å². The Kier molecular flexibility index (Phi) is 12.1. The molecule has 0 aliphatic carbocycles. The summed E-state index contributed by atoms with van der Waals surface area (Å²) in [6.45, 7) is 11.4. The predicted octanol–water partition coefficient (Wildman–Crippen LogP) is 3.87. The smallest absolute Gasteiger partial charge is 0.0113 e. The molecule has 0 aromatic heterocycles. The van der Waals surface area contributed by atoms with Crippen molar-refractivity contribution in [2.24, 2.45) is 5.73 Å². The Morgan fingerprint density at radius 2 is 1.32 bits per heavy atom. The number of hydrogen-bond donors (Lipinski definition) is 1. The van der Waals surface area contributed by atoms with Crippen LogP contribution in [-0.4, -0.2) is 55.1 Å². The topological polar surface area (TPSA) is 32.5 Å². The Morgan fingerprint density at radius 3 is 1.91 bits per heavy atom. The van der Waals surface area contributed by atoms with Crippen LogP contribution in [0.25, 0.3) is 0 Å². The van der Waals surface area contributed by atoms with Gasteiger partial charge in [-0.3, -0.25) is 9.80 Å². The van der Waals surface area contributed by atoms with Crippen molar-refractivity contribution in [3.05, 3.63) is 0 Å². The highest BCUT2D eigenvalue weighted by molar-refractivity contribution is 4.79. The monoisotopic (exact) mass is 311 g/mol. The molecule has 1 aliphatic heterocycles. The molecule has 0 bridgehead atoms. The first-order valence-electron chi connectivity index (χ1n) is 9.98. The summed E-state index contributed by atoms with van der Waals surface area (Å²) in [5.74, 6) is 0. The van der Waals surface area contributed by atoms with E-state index in [-0.39, 0.29) is 0 Å². The second-order valence-electron chi connectivity index (χ2n) is 7.02. The zero-order valence-corrected chi connectivity index (χ0v) is 15.4. The molecule has 132 valence electrons. The van der Waals surface area contributed by atoms with Gasteiger partial charge in [0.05, 0.1) is 0 Å². The molecule has 1 aliphatic rings. The Hall–Kier alpha value is -0.120. The molecule has 0 aromatic carbocycles. The zero-order valence-electron chi connectivity index (χ0n) is 15.4. The lowest BCUT2D eigenvalue weighted by atomic mass is 9.99. The van der Waals surface area contributed by atoms with Crippen LogP contribution in [0, 0.1) is 0 Å². The second-order valence-corrected chi connectivity index (χ2v) is 7.02. The van der Waals surface area contributed by atoms with Crippen LogP contribution in [0.1, 0.15) is 78.1 Å². The third-order valence-electron chi connectivity index (χ3n) is 5.15. The van der Waals surface area contributed by atoms with E-state index in [9.17, 15) is 0 Å². The average Bonchev–Trinajstić information content (AvgIpc) is 2.54. The molecule has 1 saturated heterocycles. The van der Waals surface area contributed by atoms with Gasteiger partial charge >= 0.3 is 0 Å². The fourth-order valence-electron chi connectivity index (χ4n) is 3.66. The molecular formula is C19H41N3. The van der Waals surface area contributed by atoms with Gasteiger partial charge in [0.1, 0.15) is 0 Å². The van der Waals surface area contributed by atoms with E-state index in [0.717, 1.165) is 19.1 Å². The van der Waals surface area contributed by atoms with Crippen molar-refractivity contribution in [2.75, 3.05) is 39.3 Å². The van der Waals surface area contributed by atoms with Gasteiger partial charge in [-0.1, -0.05) is 65.2 Å². The van der Waals surface area contributed by atoms with Crippen LogP contribution in [0.5, 0.6) is 0 Å². The molecule has 1 unspecified atom stereocenters. The summed E-state index contributed by atoms with van der Waals surface area (Å²) < 4.78 is 0. The van der Waals surface area contributed by atoms with Gasteiger partial charge in [-0.25, -0.2) is 0 Å². The van der Waals surface area contributed by atoms with Crippen LogP contribution in [0.4, 0.5) is 0 Å². The first-order chi connectivity index (χ1) is 10.8. The van der Waals surface area contributed by atoms with Gasteiger partial charge in [0.2, 0.25) is 0 Å². The lowest BCUT2D eigenvalue weighted by Gasteiger charge is -2.39. The summed E-state index contributed by atoms with van der Waals surface area (Å²) in [6, 6.07) is 0.841. The molecule has 1 heterocycles. The van der Waals surface area contributed by atoms with Gasteiger partial charge in [0.15, 0.2) is 0 Å². The summed E-state index contributed by atoms with van der Waals surface area (Å²) in [6.07, 6.45) is 14.1. The number of nitrogens with zero attached hydrogens (tertiary/aromatic N) is 2. The van der Waals surface area contributed by atoms with E-state index in [1.54, 1.807) is 0 Å². The molecule has 3 heteroatoms. The molecule has 0 amide bonds. The lowest BCUT2D eigenvalue weighted by molar-refractivity contribution is 0.0873. The summed E-state index contributed by atoms with van der Waals surface area (Å²) >= 11 is 0. The molecule has 22 heavy (non-hydrogen) atoms. The maximum absolute atomic E-state index is 5.69. The van der Waals surface area contributed by atoms with Gasteiger partial charge in [0.25, 0.3) is 0 Å². The number of unbranched alkanes of at least 4 members (excludes halogenated alkanes) is 6. The third-order valence-corrected chi connectivity index (χ3v) is 5.15. The van der Waals surface area contributed by atoms with Crippen LogP contribution in [0.3, 0.4) is 0 Å². The predicted molar refractivity (Wildman–Crippen MR) is 98.4 cm³/mol. The minimum atomic E-state index is 0.803. The minimum Gasteiger partial charge on any atom is -0.329 e. The van der Waals surface area contributed by atoms with Crippen molar-refractivity contribution in [3.8, 4) is 0 Å². The van der Waals surface area contributed by atoms with E-state index in [1.165, 1.54) is 90.4 Å². The average molecular weight is 312 g/mol. The van der Waals surface area contributed by atoms with Crippen molar-refractivity contribution in [3.63, 3.8) is 0 Å². The van der Waals surface area contributed by atoms with Crippen molar-refractivity contribution < 1.29 is 0 Å². The maximum atomic E-state index is 5.69. The van der Waals surface area contributed by atoms with Crippen LogP contribution in [-0.2, 0) is 0 Å². The van der Waals surface area contributed by atoms with E-state index in [0.29, 0.717) is 0 Å². The van der Waals surface area contributed by atoms with Gasteiger partial charge in [-0.05, 0) is 12.8 Å². The van der Waals surface area contributed by atoms with Crippen LogP contribution in [0.15, 0.2) is 0 Å². The number of piperazine rings is 1. The largest absolute Gasteiger partial charge is 0.329 e. The van der Waals surface area contributed by atoms with Crippen LogP contribution >= 0.6 is 0 Å². The molecule has 0 spiro atoms. The minimum absolute atomic E-state index is 0.803. The number of rotatable bonds is 13. The zero-order chi connectivity index (χ0) is 16.0. The van der Waals surface area contributed by atoms with E-state index in [4.69, 9.17) is 5.73 Å². The fraction of sp³-hybridized carbons (Fsp3) is 1.00. The van der Waals surface area contributed by atoms with Crippen molar-refractivity contribution >= 4 is 0 Å². The molecular weight excluding hydrogens is 270 g/mol. The highest BCUT2D eigenvalue weighted by atomic mass is 15.3. The van der Waals surface area contributed by atoms with Gasteiger partial charge < -0.3 is 5.73 Å². The standard InChI is InChI=1S/C19H41N3/c1-3-5-7-8-10-12-19(11-9-6-4-2)22-17-15-21(14-13-20)16-18-22/h19H,3-18,20H2,1-2H3. The Morgan fingerprint density at radius 1 is 0.773 bits per heavy atom. The maximum Gasteiger partial charge on any atom is 0.0113 e. The number of nitrogens with two attached hydrogens (primary N) is 1. The molecule has 0 saturated carbocycles. The molecule has 2 N–H and O–H groups in total. The van der Waals surface area contributed by atoms with E-state index in [1.807, 2.05) is 0 Å². The lowest BCUT2D eigenvalue weighted by Crippen LogP contribution is -2.51. The quantitative estimate of drug-likeness (QED) is 0.524. The summed E-state index contributed by atoms with van der Waals surface area (Å²) in [5, 5.41) is 0. The molecule has 1 atom stereocenters. The van der Waals surface area contributed by atoms with Gasteiger partial charge in [0, 0.05) is 45.3 Å². The molecule has 0 radical (unpaired) electrons. The normalized spacial score (nSPS) is 18.7. The third kappa shape index (κ3) is 8.50. The summed E-state index contributed by atoms with van der Waals surface area (Å²) in [5.41, 5.74) is 5.69. The SMILES string of the molecule is CCCCCCCC(CCCCC)N1CCN(CCN)CC1. The van der Waals surface area contributed by atoms with Crippen molar-refractivity contribution in [1.29, 1.82) is 0 Å². The molecule has 0 aromatic rings. The van der Waals surface area contributed by atoms with Gasteiger partial charge in [-0.15, -0.1) is 0 Å². The van der Waals surface area contributed by atoms with E-state index >= 15 is 0 Å². The first kappa shape index (κ1) is 19.9. The summed E-state index contributed by atoms with van der Waals surface area (Å²) in [4.78, 5) is 5.31. The Balaban J connectivity index is 2.30. The fourth-order valence-corrected chi connectivity index (χ4v) is 3.66. The first-order valence-corrected chi connectivity index (χ1v) is 9.98. The second kappa shape index (κ2) is 13.3. The van der Waals surface area contributed by atoms with E-state index < -0.39 is 0 Å². The Bertz CT molecular complexity index is 237. The van der Waals surface area contributed by atoms with E-state index in [2.05, 4.69) is 23.6 Å². The highest BCUT2D eigenvalue weighted by Crippen LogP contribution is 2.19. The van der Waals surface area contributed by atoms with Gasteiger partial charge in [-0.2, -0.15) is 0 Å². The summed E-state index contributed by atoms with van der Waals surface area (Å²) in [7, 11) is 0. The van der Waals surface area contributed by atoms with Crippen molar-refractivity contribution in [1.82, 2.24) is 9.80 Å². The highest BCUT2D eigenvalue weighted by Gasteiger charge is 2.22. The van der Waals surface area contributed by atoms with Crippen LogP contribution < -0.4 is 5.73 Å². The molecule has 3 nitrogen and oxygen atoms in total. The Labute approximate surface area is 139 Å². The van der Waals surface area contributed by atoms with Crippen LogP contribution in [0.2, 0.25) is 0 Å².